The fourth-order valence-corrected chi connectivity index (χ4v) is 5.38. The highest BCUT2D eigenvalue weighted by Gasteiger charge is 2.32. The van der Waals surface area contributed by atoms with E-state index < -0.39 is 5.97 Å². The fourth-order valence-electron chi connectivity index (χ4n) is 4.07. The van der Waals surface area contributed by atoms with Crippen LogP contribution in [0.1, 0.15) is 50.9 Å². The minimum Gasteiger partial charge on any atom is -0.478 e. The van der Waals surface area contributed by atoms with Crippen molar-refractivity contribution in [3.63, 3.8) is 0 Å². The number of ketones is 1. The summed E-state index contributed by atoms with van der Waals surface area (Å²) < 4.78 is 0.943. The first-order chi connectivity index (χ1) is 17.9. The van der Waals surface area contributed by atoms with Gasteiger partial charge in [-0.15, -0.1) is 0 Å². The van der Waals surface area contributed by atoms with Gasteiger partial charge in [-0.1, -0.05) is 51.4 Å². The third-order valence-corrected chi connectivity index (χ3v) is 8.02. The van der Waals surface area contributed by atoms with E-state index in [4.69, 9.17) is 11.6 Å². The number of hydrogen-bond acceptors (Lipinski definition) is 5. The quantitative estimate of drug-likeness (QED) is 0.191. The number of pyridine rings is 1. The molecule has 8 heteroatoms. The van der Waals surface area contributed by atoms with Crippen LogP contribution in [0.25, 0.3) is 0 Å². The zero-order valence-electron chi connectivity index (χ0n) is 19.5. The number of halogens is 2. The first kappa shape index (κ1) is 25.5. The Labute approximate surface area is 232 Å². The highest BCUT2D eigenvalue weighted by molar-refractivity contribution is 9.10. The third kappa shape index (κ3) is 6.24. The van der Waals surface area contributed by atoms with Crippen molar-refractivity contribution in [1.29, 1.82) is 0 Å². The maximum Gasteiger partial charge on any atom is 0.336 e. The Morgan fingerprint density at radius 3 is 2.35 bits per heavy atom. The van der Waals surface area contributed by atoms with Gasteiger partial charge in [-0.2, -0.15) is 0 Å². The Balaban J connectivity index is 1.33. The molecule has 1 saturated carbocycles. The lowest BCUT2D eigenvalue weighted by Gasteiger charge is -2.20. The molecule has 1 fully saturated rings. The number of carboxylic acids is 1. The van der Waals surface area contributed by atoms with Crippen molar-refractivity contribution < 1.29 is 14.7 Å². The highest BCUT2D eigenvalue weighted by Crippen LogP contribution is 2.43. The molecule has 5 rings (SSSR count). The molecule has 0 bridgehead atoms. The minimum absolute atomic E-state index is 0.0762. The van der Waals surface area contributed by atoms with Gasteiger partial charge in [0.1, 0.15) is 5.69 Å². The normalized spacial score (nSPS) is 13.7. The maximum atomic E-state index is 13.1. The van der Waals surface area contributed by atoms with Gasteiger partial charge in [0.15, 0.2) is 0 Å². The topological polar surface area (TPSA) is 79.3 Å². The number of rotatable bonds is 9. The second-order valence-electron chi connectivity index (χ2n) is 8.84. The number of carbonyl (C=O) groups is 2. The molecule has 5 nitrogen and oxygen atoms in total. The Hall–Kier alpha value is -3.13. The summed E-state index contributed by atoms with van der Waals surface area (Å²) in [4.78, 5) is 30.9. The van der Waals surface area contributed by atoms with Gasteiger partial charge in [0, 0.05) is 24.8 Å². The number of aromatic nitrogens is 1. The Bertz CT molecular complexity index is 1440. The Morgan fingerprint density at radius 1 is 1.00 bits per heavy atom. The van der Waals surface area contributed by atoms with Crippen molar-refractivity contribution in [2.45, 2.75) is 28.7 Å². The van der Waals surface area contributed by atoms with Crippen molar-refractivity contribution >= 4 is 56.7 Å². The van der Waals surface area contributed by atoms with Crippen molar-refractivity contribution in [3.05, 3.63) is 117 Å². The zero-order chi connectivity index (χ0) is 25.9. The maximum absolute atomic E-state index is 13.1. The molecule has 4 aromatic rings. The van der Waals surface area contributed by atoms with Gasteiger partial charge in [-0.3, -0.25) is 9.78 Å². The molecule has 1 atom stereocenters. The molecule has 0 aliphatic heterocycles. The molecule has 1 aliphatic carbocycles. The molecule has 2 N–H and O–H groups in total. The summed E-state index contributed by atoms with van der Waals surface area (Å²) in [5.74, 6) is -0.869. The van der Waals surface area contributed by atoms with E-state index in [9.17, 15) is 14.7 Å². The van der Waals surface area contributed by atoms with E-state index in [-0.39, 0.29) is 28.6 Å². The smallest absolute Gasteiger partial charge is 0.336 e. The molecular formula is C29H22BrClN2O3S. The molecule has 3 aromatic carbocycles. The van der Waals surface area contributed by atoms with E-state index >= 15 is 0 Å². The fraction of sp³-hybridized carbons (Fsp3) is 0.138. The van der Waals surface area contributed by atoms with E-state index in [1.54, 1.807) is 24.4 Å². The zero-order valence-corrected chi connectivity index (χ0v) is 22.7. The second kappa shape index (κ2) is 11.1. The van der Waals surface area contributed by atoms with Crippen LogP contribution in [0.3, 0.4) is 0 Å². The SMILES string of the molecule is O=C(c1ccc(Sc2ccc(Br)cc2)c(C(=O)O)c1)c1ccc(NC(c2ccc(Cl)cc2)C2CC2)cn1. The van der Waals surface area contributed by atoms with Crippen LogP contribution < -0.4 is 5.32 Å². The largest absolute Gasteiger partial charge is 0.478 e. The van der Waals surface area contributed by atoms with Crippen molar-refractivity contribution in [3.8, 4) is 0 Å². The van der Waals surface area contributed by atoms with Crippen molar-refractivity contribution in [2.75, 3.05) is 5.32 Å². The van der Waals surface area contributed by atoms with Crippen LogP contribution in [0, 0.1) is 5.92 Å². The molecule has 0 saturated heterocycles. The first-order valence-corrected chi connectivity index (χ1v) is 13.7. The van der Waals surface area contributed by atoms with E-state index in [1.807, 2.05) is 54.6 Å². The van der Waals surface area contributed by atoms with E-state index in [0.717, 1.165) is 33.5 Å². The Morgan fingerprint density at radius 2 is 1.73 bits per heavy atom. The van der Waals surface area contributed by atoms with Crippen molar-refractivity contribution in [1.82, 2.24) is 4.98 Å². The summed E-state index contributed by atoms with van der Waals surface area (Å²) in [6.07, 6.45) is 3.97. The van der Waals surface area contributed by atoms with Crippen LogP contribution in [0.15, 0.2) is 99.3 Å². The Kier molecular flexibility index (Phi) is 7.65. The summed E-state index contributed by atoms with van der Waals surface area (Å²) in [6, 6.07) is 23.8. The molecule has 0 radical (unpaired) electrons. The number of aromatic carboxylic acids is 1. The lowest BCUT2D eigenvalue weighted by Crippen LogP contribution is -2.13. The van der Waals surface area contributed by atoms with Crippen molar-refractivity contribution in [2.24, 2.45) is 5.92 Å². The molecular weight excluding hydrogens is 572 g/mol. The number of benzene rings is 3. The molecule has 1 heterocycles. The molecule has 1 aromatic heterocycles. The average molecular weight is 594 g/mol. The number of nitrogens with zero attached hydrogens (tertiary/aromatic N) is 1. The summed E-state index contributed by atoms with van der Waals surface area (Å²) in [6.45, 7) is 0. The second-order valence-corrected chi connectivity index (χ2v) is 11.3. The third-order valence-electron chi connectivity index (χ3n) is 6.15. The van der Waals surface area contributed by atoms with Gasteiger partial charge in [0.05, 0.1) is 23.5 Å². The lowest BCUT2D eigenvalue weighted by molar-refractivity contribution is 0.0693. The number of carbonyl (C=O) groups excluding carboxylic acids is 1. The van der Waals surface area contributed by atoms with Crippen LogP contribution in [0.4, 0.5) is 5.69 Å². The average Bonchev–Trinajstić information content (AvgIpc) is 3.75. The van der Waals surface area contributed by atoms with E-state index in [2.05, 4.69) is 26.2 Å². The summed E-state index contributed by atoms with van der Waals surface area (Å²) in [7, 11) is 0. The van der Waals surface area contributed by atoms with Crippen LogP contribution in [0.5, 0.6) is 0 Å². The molecule has 0 spiro atoms. The molecule has 37 heavy (non-hydrogen) atoms. The molecule has 0 amide bonds. The molecule has 186 valence electrons. The van der Waals surface area contributed by atoms with E-state index in [0.29, 0.717) is 15.8 Å². The molecule has 1 unspecified atom stereocenters. The van der Waals surface area contributed by atoms with Gasteiger partial charge in [-0.25, -0.2) is 4.79 Å². The van der Waals surface area contributed by atoms with Crippen LogP contribution >= 0.6 is 39.3 Å². The van der Waals surface area contributed by atoms with Crippen LogP contribution in [0.2, 0.25) is 5.02 Å². The van der Waals surface area contributed by atoms with Crippen LogP contribution in [-0.2, 0) is 0 Å². The van der Waals surface area contributed by atoms with Gasteiger partial charge in [0.2, 0.25) is 5.78 Å². The van der Waals surface area contributed by atoms with Crippen LogP contribution in [-0.4, -0.2) is 21.8 Å². The first-order valence-electron chi connectivity index (χ1n) is 11.7. The number of nitrogens with one attached hydrogen (secondary N) is 1. The van der Waals surface area contributed by atoms with Gasteiger partial charge in [-0.05, 0) is 91.1 Å². The summed E-state index contributed by atoms with van der Waals surface area (Å²) in [5.41, 5.74) is 2.59. The highest BCUT2D eigenvalue weighted by atomic mass is 79.9. The predicted molar refractivity (Wildman–Crippen MR) is 150 cm³/mol. The number of anilines is 1. The molecule has 1 aliphatic rings. The number of hydrogen-bond donors (Lipinski definition) is 2. The summed E-state index contributed by atoms with van der Waals surface area (Å²) in [5, 5.41) is 14.0. The van der Waals surface area contributed by atoms with Gasteiger partial charge in [0.25, 0.3) is 0 Å². The summed E-state index contributed by atoms with van der Waals surface area (Å²) >= 11 is 10.8. The lowest BCUT2D eigenvalue weighted by atomic mass is 10.0. The monoisotopic (exact) mass is 592 g/mol. The minimum atomic E-state index is -1.09. The predicted octanol–water partition coefficient (Wildman–Crippen LogP) is 8.14. The standard InChI is InChI=1S/C29H22BrClN2O3S/c30-20-6-11-23(12-7-20)37-26-14-5-19(15-24(26)29(35)36)28(34)25-13-10-22(16-32-25)33-27(17-1-2-17)18-3-8-21(31)9-4-18/h3-17,27,33H,1-2H2,(H,35,36). The number of carboxylic acid groups (broad SMARTS) is 1. The van der Waals surface area contributed by atoms with Gasteiger partial charge < -0.3 is 10.4 Å². The van der Waals surface area contributed by atoms with E-state index in [1.165, 1.54) is 17.8 Å². The van der Waals surface area contributed by atoms with Gasteiger partial charge >= 0.3 is 5.97 Å².